The van der Waals surface area contributed by atoms with Crippen LogP contribution in [0.15, 0.2) is 48.5 Å². The van der Waals surface area contributed by atoms with Gasteiger partial charge in [0.05, 0.1) is 5.69 Å². The smallest absolute Gasteiger partial charge is 0.308 e. The number of ether oxygens (including phenoxy) is 1. The highest BCUT2D eigenvalue weighted by Crippen LogP contribution is 2.42. The Morgan fingerprint density at radius 3 is 1.97 bits per heavy atom. The van der Waals surface area contributed by atoms with Crippen molar-refractivity contribution in [3.05, 3.63) is 59.7 Å². The number of aryl methyl sites for hydroxylation is 1. The average Bonchev–Trinajstić information content (AvgIpc) is 3.01. The molecule has 0 saturated heterocycles. The maximum atomic E-state index is 11.9. The molecule has 0 aliphatic carbocycles. The van der Waals surface area contributed by atoms with Gasteiger partial charge in [0.25, 0.3) is 0 Å². The first-order valence-corrected chi connectivity index (χ1v) is 10.6. The van der Waals surface area contributed by atoms with Gasteiger partial charge in [0.15, 0.2) is 0 Å². The number of anilines is 2. The molecule has 0 spiro atoms. The van der Waals surface area contributed by atoms with Crippen LogP contribution in [0.2, 0.25) is 0 Å². The standard InChI is InChI=1S/C26H33N3O2/c1-17(30)31-24-20(25(2,3)4)14-19(15-21(24)26(5,6)7)27-23-16-22(28-29(23)8)18-12-10-9-11-13-18/h9-16,27H,1-8H3. The van der Waals surface area contributed by atoms with Crippen LogP contribution >= 0.6 is 0 Å². The van der Waals surface area contributed by atoms with Crippen molar-refractivity contribution in [2.45, 2.75) is 59.3 Å². The van der Waals surface area contributed by atoms with Gasteiger partial charge in [0.1, 0.15) is 11.6 Å². The summed E-state index contributed by atoms with van der Waals surface area (Å²) in [5, 5.41) is 8.19. The summed E-state index contributed by atoms with van der Waals surface area (Å²) in [6, 6.07) is 16.3. The summed E-state index contributed by atoms with van der Waals surface area (Å²) < 4.78 is 7.58. The molecule has 0 bridgehead atoms. The molecule has 5 heteroatoms. The maximum absolute atomic E-state index is 11.9. The second-order valence-electron chi connectivity index (χ2n) is 10.0. The lowest BCUT2D eigenvalue weighted by Gasteiger charge is -2.30. The second-order valence-corrected chi connectivity index (χ2v) is 10.0. The monoisotopic (exact) mass is 419 g/mol. The minimum absolute atomic E-state index is 0.204. The predicted molar refractivity (Wildman–Crippen MR) is 127 cm³/mol. The summed E-state index contributed by atoms with van der Waals surface area (Å²) in [6.45, 7) is 14.2. The highest BCUT2D eigenvalue weighted by atomic mass is 16.5. The van der Waals surface area contributed by atoms with E-state index in [1.54, 1.807) is 0 Å². The van der Waals surface area contributed by atoms with Crippen LogP contribution in [0.25, 0.3) is 11.3 Å². The van der Waals surface area contributed by atoms with Crippen LogP contribution in [0.1, 0.15) is 59.6 Å². The lowest BCUT2D eigenvalue weighted by atomic mass is 9.79. The summed E-state index contributed by atoms with van der Waals surface area (Å²) in [5.74, 6) is 1.24. The fraction of sp³-hybridized carbons (Fsp3) is 0.385. The summed E-state index contributed by atoms with van der Waals surface area (Å²) in [7, 11) is 1.93. The summed E-state index contributed by atoms with van der Waals surface area (Å²) >= 11 is 0. The highest BCUT2D eigenvalue weighted by Gasteiger charge is 2.29. The van der Waals surface area contributed by atoms with E-state index in [1.807, 2.05) is 36.0 Å². The van der Waals surface area contributed by atoms with Crippen molar-refractivity contribution < 1.29 is 9.53 Å². The number of benzene rings is 2. The van der Waals surface area contributed by atoms with Crippen LogP contribution in [0.3, 0.4) is 0 Å². The van der Waals surface area contributed by atoms with E-state index in [-0.39, 0.29) is 16.8 Å². The van der Waals surface area contributed by atoms with Crippen molar-refractivity contribution in [2.24, 2.45) is 7.05 Å². The van der Waals surface area contributed by atoms with Crippen LogP contribution < -0.4 is 10.1 Å². The van der Waals surface area contributed by atoms with Crippen LogP contribution in [0, 0.1) is 0 Å². The Bertz CT molecular complexity index is 1050. The van der Waals surface area contributed by atoms with E-state index in [2.05, 4.69) is 76.2 Å². The number of hydrogen-bond acceptors (Lipinski definition) is 4. The number of nitrogens with one attached hydrogen (secondary N) is 1. The highest BCUT2D eigenvalue weighted by molar-refractivity contribution is 5.74. The molecule has 1 N–H and O–H groups in total. The molecule has 2 aromatic carbocycles. The van der Waals surface area contributed by atoms with Gasteiger partial charge in [-0.05, 0) is 23.0 Å². The predicted octanol–water partition coefficient (Wildman–Crippen LogP) is 6.35. The molecule has 0 saturated carbocycles. The zero-order valence-corrected chi connectivity index (χ0v) is 19.8. The molecule has 3 aromatic rings. The number of carbonyl (C=O) groups is 1. The first kappa shape index (κ1) is 22.6. The first-order valence-electron chi connectivity index (χ1n) is 10.6. The number of nitrogens with zero attached hydrogens (tertiary/aromatic N) is 2. The lowest BCUT2D eigenvalue weighted by molar-refractivity contribution is -0.132. The Morgan fingerprint density at radius 1 is 0.935 bits per heavy atom. The van der Waals surface area contributed by atoms with E-state index in [9.17, 15) is 4.79 Å². The zero-order valence-electron chi connectivity index (χ0n) is 19.8. The van der Waals surface area contributed by atoms with Gasteiger partial charge < -0.3 is 10.1 Å². The molecule has 0 radical (unpaired) electrons. The molecule has 0 amide bonds. The van der Waals surface area contributed by atoms with E-state index in [0.717, 1.165) is 33.9 Å². The van der Waals surface area contributed by atoms with Crippen molar-refractivity contribution in [1.82, 2.24) is 9.78 Å². The third-order valence-corrected chi connectivity index (χ3v) is 5.17. The number of carbonyl (C=O) groups excluding carboxylic acids is 1. The quantitative estimate of drug-likeness (QED) is 0.395. The molecule has 164 valence electrons. The first-order chi connectivity index (χ1) is 14.4. The normalized spacial score (nSPS) is 12.0. The van der Waals surface area contributed by atoms with E-state index in [1.165, 1.54) is 6.92 Å². The van der Waals surface area contributed by atoms with Gasteiger partial charge >= 0.3 is 5.97 Å². The van der Waals surface area contributed by atoms with Crippen molar-refractivity contribution >= 4 is 17.5 Å². The Kier molecular flexibility index (Phi) is 5.99. The summed E-state index contributed by atoms with van der Waals surface area (Å²) in [4.78, 5) is 11.9. The Morgan fingerprint density at radius 2 is 1.48 bits per heavy atom. The molecule has 0 atom stereocenters. The number of aromatic nitrogens is 2. The fourth-order valence-electron chi connectivity index (χ4n) is 3.55. The molecule has 3 rings (SSSR count). The molecule has 0 aliphatic heterocycles. The van der Waals surface area contributed by atoms with Gasteiger partial charge in [-0.2, -0.15) is 5.10 Å². The third-order valence-electron chi connectivity index (χ3n) is 5.17. The number of hydrogen-bond donors (Lipinski definition) is 1. The molecule has 5 nitrogen and oxygen atoms in total. The van der Waals surface area contributed by atoms with E-state index in [0.29, 0.717) is 5.75 Å². The molecule has 1 aromatic heterocycles. The summed E-state index contributed by atoms with van der Waals surface area (Å²) in [5.41, 5.74) is 4.49. The molecule has 31 heavy (non-hydrogen) atoms. The second kappa shape index (κ2) is 8.22. The maximum Gasteiger partial charge on any atom is 0.308 e. The number of rotatable bonds is 4. The Hall–Kier alpha value is -3.08. The minimum Gasteiger partial charge on any atom is -0.426 e. The van der Waals surface area contributed by atoms with Crippen molar-refractivity contribution in [3.8, 4) is 17.0 Å². The molecular weight excluding hydrogens is 386 g/mol. The average molecular weight is 420 g/mol. The topological polar surface area (TPSA) is 56.1 Å². The van der Waals surface area contributed by atoms with Gasteiger partial charge in [-0.15, -0.1) is 0 Å². The van der Waals surface area contributed by atoms with Gasteiger partial charge in [-0.25, -0.2) is 0 Å². The molecule has 1 heterocycles. The van der Waals surface area contributed by atoms with Crippen LogP contribution in [-0.2, 0) is 22.7 Å². The number of esters is 1. The van der Waals surface area contributed by atoms with Gasteiger partial charge in [0, 0.05) is 42.4 Å². The molecular formula is C26H33N3O2. The minimum atomic E-state index is -0.309. The van der Waals surface area contributed by atoms with Gasteiger partial charge in [-0.3, -0.25) is 9.48 Å². The van der Waals surface area contributed by atoms with E-state index >= 15 is 0 Å². The van der Waals surface area contributed by atoms with Gasteiger partial charge in [0.2, 0.25) is 0 Å². The van der Waals surface area contributed by atoms with E-state index < -0.39 is 0 Å². The fourth-order valence-corrected chi connectivity index (χ4v) is 3.55. The molecule has 0 aliphatic rings. The Labute approximate surface area is 185 Å². The SMILES string of the molecule is CC(=O)Oc1c(C(C)(C)C)cc(Nc2cc(-c3ccccc3)nn2C)cc1C(C)(C)C. The van der Waals surface area contributed by atoms with Crippen molar-refractivity contribution in [3.63, 3.8) is 0 Å². The van der Waals surface area contributed by atoms with Crippen LogP contribution in [-0.4, -0.2) is 15.7 Å². The van der Waals surface area contributed by atoms with Crippen molar-refractivity contribution in [1.29, 1.82) is 0 Å². The van der Waals surface area contributed by atoms with Gasteiger partial charge in [-0.1, -0.05) is 71.9 Å². The van der Waals surface area contributed by atoms with Crippen LogP contribution in [0.5, 0.6) is 5.75 Å². The third kappa shape index (κ3) is 5.16. The molecule has 0 unspecified atom stereocenters. The van der Waals surface area contributed by atoms with E-state index in [4.69, 9.17) is 4.74 Å². The lowest BCUT2D eigenvalue weighted by Crippen LogP contribution is -2.21. The molecule has 0 fully saturated rings. The van der Waals surface area contributed by atoms with Crippen LogP contribution in [0.4, 0.5) is 11.5 Å². The van der Waals surface area contributed by atoms with Crippen molar-refractivity contribution in [2.75, 3.05) is 5.32 Å². The largest absolute Gasteiger partial charge is 0.426 e. The summed E-state index contributed by atoms with van der Waals surface area (Å²) in [6.07, 6.45) is 0. The zero-order chi connectivity index (χ0) is 23.0. The Balaban J connectivity index is 2.10.